The maximum Gasteiger partial charge on any atom is 0.140 e. The van der Waals surface area contributed by atoms with Gasteiger partial charge in [-0.2, -0.15) is 5.48 Å². The predicted molar refractivity (Wildman–Crippen MR) is 68.4 cm³/mol. The Hall–Kier alpha value is -1.19. The standard InChI is InChI=1S/C14H21NO2/c1-14(2,3)13(16)10-12(15-17-4)11-8-6-5-7-9-11/h5-9,12,15H,10H2,1-4H3/t12-/m0/s1. The zero-order valence-corrected chi connectivity index (χ0v) is 11.0. The van der Waals surface area contributed by atoms with Gasteiger partial charge in [0.1, 0.15) is 5.78 Å². The molecular weight excluding hydrogens is 214 g/mol. The Kier molecular flexibility index (Phi) is 4.85. The molecule has 1 atom stereocenters. The summed E-state index contributed by atoms with van der Waals surface area (Å²) in [6.45, 7) is 5.80. The molecule has 0 radical (unpaired) electrons. The van der Waals surface area contributed by atoms with Crippen LogP contribution in [0.2, 0.25) is 0 Å². The van der Waals surface area contributed by atoms with Gasteiger partial charge in [-0.1, -0.05) is 51.1 Å². The number of hydrogen-bond acceptors (Lipinski definition) is 3. The SMILES string of the molecule is CON[C@@H](CC(=O)C(C)(C)C)c1ccccc1. The van der Waals surface area contributed by atoms with Crippen LogP contribution in [0.4, 0.5) is 0 Å². The number of hydroxylamine groups is 1. The zero-order chi connectivity index (χ0) is 12.9. The molecule has 0 unspecified atom stereocenters. The summed E-state index contributed by atoms with van der Waals surface area (Å²) >= 11 is 0. The van der Waals surface area contributed by atoms with Crippen molar-refractivity contribution in [2.24, 2.45) is 5.41 Å². The van der Waals surface area contributed by atoms with Gasteiger partial charge in [-0.3, -0.25) is 4.79 Å². The number of rotatable bonds is 5. The molecule has 0 fully saturated rings. The first-order valence-electron chi connectivity index (χ1n) is 5.82. The molecule has 0 bridgehead atoms. The second kappa shape index (κ2) is 5.94. The summed E-state index contributed by atoms with van der Waals surface area (Å²) in [5.74, 6) is 0.218. The highest BCUT2D eigenvalue weighted by molar-refractivity contribution is 5.84. The molecule has 3 nitrogen and oxygen atoms in total. The van der Waals surface area contributed by atoms with Crippen LogP contribution in [0.5, 0.6) is 0 Å². The second-order valence-electron chi connectivity index (χ2n) is 5.16. The van der Waals surface area contributed by atoms with Crippen molar-refractivity contribution in [1.82, 2.24) is 5.48 Å². The Bertz CT molecular complexity index is 354. The van der Waals surface area contributed by atoms with Gasteiger partial charge in [0, 0.05) is 11.8 Å². The van der Waals surface area contributed by atoms with Crippen molar-refractivity contribution < 1.29 is 9.63 Å². The van der Waals surface area contributed by atoms with E-state index in [4.69, 9.17) is 4.84 Å². The van der Waals surface area contributed by atoms with Gasteiger partial charge >= 0.3 is 0 Å². The first kappa shape index (κ1) is 13.9. The molecule has 1 aromatic rings. The molecule has 1 N–H and O–H groups in total. The van der Waals surface area contributed by atoms with E-state index in [0.717, 1.165) is 5.56 Å². The normalized spacial score (nSPS) is 13.4. The second-order valence-corrected chi connectivity index (χ2v) is 5.16. The fraction of sp³-hybridized carbons (Fsp3) is 0.500. The molecule has 1 aromatic carbocycles. The summed E-state index contributed by atoms with van der Waals surface area (Å²) in [4.78, 5) is 17.0. The van der Waals surface area contributed by atoms with Gasteiger partial charge in [0.25, 0.3) is 0 Å². The molecule has 0 aliphatic carbocycles. The number of carbonyl (C=O) groups is 1. The van der Waals surface area contributed by atoms with E-state index in [1.807, 2.05) is 51.1 Å². The van der Waals surface area contributed by atoms with E-state index in [1.54, 1.807) is 7.11 Å². The molecule has 0 saturated carbocycles. The third-order valence-electron chi connectivity index (χ3n) is 2.69. The molecule has 0 aromatic heterocycles. The van der Waals surface area contributed by atoms with E-state index in [1.165, 1.54) is 0 Å². The summed E-state index contributed by atoms with van der Waals surface area (Å²) < 4.78 is 0. The van der Waals surface area contributed by atoms with Gasteiger partial charge in [0.2, 0.25) is 0 Å². The highest BCUT2D eigenvalue weighted by atomic mass is 16.6. The van der Waals surface area contributed by atoms with Gasteiger partial charge in [-0.15, -0.1) is 0 Å². The Labute approximate surface area is 103 Å². The van der Waals surface area contributed by atoms with Crippen LogP contribution in [-0.4, -0.2) is 12.9 Å². The molecule has 3 heteroatoms. The van der Waals surface area contributed by atoms with Crippen LogP contribution in [0.15, 0.2) is 30.3 Å². The van der Waals surface area contributed by atoms with Crippen LogP contribution in [0.3, 0.4) is 0 Å². The first-order chi connectivity index (χ1) is 7.95. The van der Waals surface area contributed by atoms with Gasteiger partial charge < -0.3 is 4.84 Å². The van der Waals surface area contributed by atoms with Crippen LogP contribution < -0.4 is 5.48 Å². The molecule has 0 saturated heterocycles. The summed E-state index contributed by atoms with van der Waals surface area (Å²) in [6, 6.07) is 9.77. The van der Waals surface area contributed by atoms with E-state index in [-0.39, 0.29) is 17.2 Å². The quantitative estimate of drug-likeness (QED) is 0.797. The average Bonchev–Trinajstić information content (AvgIpc) is 2.28. The van der Waals surface area contributed by atoms with E-state index in [2.05, 4.69) is 5.48 Å². The summed E-state index contributed by atoms with van der Waals surface area (Å²) in [6.07, 6.45) is 0.432. The van der Waals surface area contributed by atoms with Crippen molar-refractivity contribution >= 4 is 5.78 Å². The lowest BCUT2D eigenvalue weighted by atomic mass is 9.86. The van der Waals surface area contributed by atoms with Gasteiger partial charge in [-0.05, 0) is 5.56 Å². The fourth-order valence-electron chi connectivity index (χ4n) is 1.55. The lowest BCUT2D eigenvalue weighted by molar-refractivity contribution is -0.127. The van der Waals surface area contributed by atoms with Gasteiger partial charge in [-0.25, -0.2) is 0 Å². The van der Waals surface area contributed by atoms with Crippen molar-refractivity contribution in [1.29, 1.82) is 0 Å². The summed E-state index contributed by atoms with van der Waals surface area (Å²) in [7, 11) is 1.57. The van der Waals surface area contributed by atoms with Crippen molar-refractivity contribution in [3.63, 3.8) is 0 Å². The Balaban J connectivity index is 2.78. The number of hydrogen-bond donors (Lipinski definition) is 1. The Morgan fingerprint density at radius 3 is 2.35 bits per heavy atom. The van der Waals surface area contributed by atoms with E-state index >= 15 is 0 Å². The first-order valence-corrected chi connectivity index (χ1v) is 5.82. The maximum absolute atomic E-state index is 12.0. The molecule has 0 spiro atoms. The van der Waals surface area contributed by atoms with Crippen LogP contribution in [0.1, 0.15) is 38.8 Å². The fourth-order valence-corrected chi connectivity index (χ4v) is 1.55. The molecular formula is C14H21NO2. The van der Waals surface area contributed by atoms with Crippen molar-refractivity contribution in [3.05, 3.63) is 35.9 Å². The average molecular weight is 235 g/mol. The minimum atomic E-state index is -0.317. The van der Waals surface area contributed by atoms with Crippen molar-refractivity contribution in [3.8, 4) is 0 Å². The number of ketones is 1. The zero-order valence-electron chi connectivity index (χ0n) is 11.0. The maximum atomic E-state index is 12.0. The van der Waals surface area contributed by atoms with Gasteiger partial charge in [0.15, 0.2) is 0 Å². The minimum Gasteiger partial charge on any atom is -0.305 e. The Morgan fingerprint density at radius 2 is 1.88 bits per heavy atom. The van der Waals surface area contributed by atoms with Gasteiger partial charge in [0.05, 0.1) is 13.2 Å². The number of nitrogens with one attached hydrogen (secondary N) is 1. The monoisotopic (exact) mass is 235 g/mol. The minimum absolute atomic E-state index is 0.0899. The van der Waals surface area contributed by atoms with Crippen LogP contribution in [0.25, 0.3) is 0 Å². The lowest BCUT2D eigenvalue weighted by Crippen LogP contribution is -2.28. The highest BCUT2D eigenvalue weighted by Crippen LogP contribution is 2.24. The summed E-state index contributed by atoms with van der Waals surface area (Å²) in [5, 5.41) is 0. The molecule has 0 aliphatic heterocycles. The van der Waals surface area contributed by atoms with Crippen molar-refractivity contribution in [2.45, 2.75) is 33.2 Å². The molecule has 1 rings (SSSR count). The molecule has 0 amide bonds. The molecule has 17 heavy (non-hydrogen) atoms. The number of carbonyl (C=O) groups excluding carboxylic acids is 1. The smallest absolute Gasteiger partial charge is 0.140 e. The topological polar surface area (TPSA) is 38.3 Å². The largest absolute Gasteiger partial charge is 0.305 e. The number of benzene rings is 1. The predicted octanol–water partition coefficient (Wildman–Crippen LogP) is 2.88. The Morgan fingerprint density at radius 1 is 1.29 bits per heavy atom. The molecule has 0 aliphatic rings. The number of Topliss-reactive ketones (excluding diaryl/α,β-unsaturated/α-hetero) is 1. The van der Waals surface area contributed by atoms with E-state index in [9.17, 15) is 4.79 Å². The van der Waals surface area contributed by atoms with Crippen LogP contribution >= 0.6 is 0 Å². The van der Waals surface area contributed by atoms with Crippen molar-refractivity contribution in [2.75, 3.05) is 7.11 Å². The third-order valence-corrected chi connectivity index (χ3v) is 2.69. The molecule has 94 valence electrons. The van der Waals surface area contributed by atoms with Crippen LogP contribution in [-0.2, 0) is 9.63 Å². The van der Waals surface area contributed by atoms with E-state index < -0.39 is 0 Å². The highest BCUT2D eigenvalue weighted by Gasteiger charge is 2.25. The summed E-state index contributed by atoms with van der Waals surface area (Å²) in [5.41, 5.74) is 3.63. The van der Waals surface area contributed by atoms with Crippen LogP contribution in [0, 0.1) is 5.41 Å². The third kappa shape index (κ3) is 4.29. The van der Waals surface area contributed by atoms with E-state index in [0.29, 0.717) is 6.42 Å². The molecule has 0 heterocycles. The lowest BCUT2D eigenvalue weighted by Gasteiger charge is -2.22.